The van der Waals surface area contributed by atoms with Gasteiger partial charge in [-0.2, -0.15) is 5.10 Å². The highest BCUT2D eigenvalue weighted by Crippen LogP contribution is 2.45. The first-order valence-corrected chi connectivity index (χ1v) is 10.6. The third-order valence-corrected chi connectivity index (χ3v) is 5.96. The highest BCUT2D eigenvalue weighted by molar-refractivity contribution is 6.06. The molecule has 2 aromatic rings. The van der Waals surface area contributed by atoms with Gasteiger partial charge in [-0.1, -0.05) is 18.2 Å². The summed E-state index contributed by atoms with van der Waals surface area (Å²) < 4.78 is 15.9. The first-order chi connectivity index (χ1) is 15.0. The zero-order valence-electron chi connectivity index (χ0n) is 18.4. The predicted molar refractivity (Wildman–Crippen MR) is 119 cm³/mol. The van der Waals surface area contributed by atoms with Crippen molar-refractivity contribution in [2.75, 3.05) is 20.8 Å². The smallest absolute Gasteiger partial charge is 0.332 e. The molecule has 2 aliphatic rings. The van der Waals surface area contributed by atoms with Crippen molar-refractivity contribution in [3.8, 4) is 11.5 Å². The Kier molecular flexibility index (Phi) is 5.98. The Labute approximate surface area is 183 Å². The molecule has 1 aliphatic heterocycles. The van der Waals surface area contributed by atoms with Crippen LogP contribution in [0.15, 0.2) is 59.3 Å². The summed E-state index contributed by atoms with van der Waals surface area (Å²) in [6.07, 6.45) is 3.48. The van der Waals surface area contributed by atoms with Crippen molar-refractivity contribution >= 4 is 11.7 Å². The molecule has 2 atom stereocenters. The van der Waals surface area contributed by atoms with Crippen molar-refractivity contribution in [1.82, 2.24) is 5.01 Å². The molecule has 1 heterocycles. The average molecular weight is 421 g/mol. The van der Waals surface area contributed by atoms with Gasteiger partial charge in [-0.05, 0) is 62.1 Å². The van der Waals surface area contributed by atoms with Crippen molar-refractivity contribution in [3.05, 3.63) is 70.9 Å². The van der Waals surface area contributed by atoms with Gasteiger partial charge in [0.2, 0.25) is 0 Å². The van der Waals surface area contributed by atoms with Gasteiger partial charge in [-0.25, -0.2) is 4.79 Å². The molecule has 162 valence electrons. The first kappa shape index (κ1) is 21.0. The summed E-state index contributed by atoms with van der Waals surface area (Å²) in [5, 5.41) is 6.99. The molecule has 0 spiro atoms. The number of ether oxygens (including phenoxy) is 3. The van der Waals surface area contributed by atoms with Crippen LogP contribution in [0.2, 0.25) is 0 Å². The fourth-order valence-electron chi connectivity index (χ4n) is 4.46. The number of esters is 1. The molecule has 0 aromatic heterocycles. The molecule has 1 aliphatic carbocycles. The van der Waals surface area contributed by atoms with Crippen LogP contribution in [0.1, 0.15) is 43.0 Å². The average Bonchev–Trinajstić information content (AvgIpc) is 3.19. The summed E-state index contributed by atoms with van der Waals surface area (Å²) in [5.74, 6) is 1.48. The lowest BCUT2D eigenvalue weighted by Gasteiger charge is -2.31. The van der Waals surface area contributed by atoms with E-state index in [4.69, 9.17) is 19.3 Å². The summed E-state index contributed by atoms with van der Waals surface area (Å²) in [4.78, 5) is 12.1. The first-order valence-electron chi connectivity index (χ1n) is 10.6. The number of allylic oxidation sites excluding steroid dienone is 1. The molecule has 6 heteroatoms. The molecule has 0 saturated carbocycles. The molecule has 0 radical (unpaired) electrons. The van der Waals surface area contributed by atoms with Gasteiger partial charge >= 0.3 is 5.97 Å². The van der Waals surface area contributed by atoms with Gasteiger partial charge in [0.25, 0.3) is 0 Å². The number of rotatable bonds is 6. The number of hydrogen-bond donors (Lipinski definition) is 0. The number of methoxy groups -OCH3 is 2. The summed E-state index contributed by atoms with van der Waals surface area (Å²) in [6.45, 7) is 4.05. The molecule has 0 saturated heterocycles. The normalized spacial score (nSPS) is 19.9. The van der Waals surface area contributed by atoms with Gasteiger partial charge in [0.15, 0.2) is 0 Å². The quantitative estimate of drug-likeness (QED) is 0.509. The minimum Gasteiger partial charge on any atom is -0.497 e. The van der Waals surface area contributed by atoms with E-state index in [9.17, 15) is 4.79 Å². The standard InChI is InChI=1S/C25H28N2O4/c1-5-31-23(28)14-16(2)27-25(18-7-10-19(29-3)11-8-18)21-13-9-17-6-12-20(30-4)15-22(17)24(21)26-27/h6-8,10-12,14-15,21,25H,5,9,13H2,1-4H3/b16-14+/t21-,25-/m1/s1. The number of hydrogen-bond acceptors (Lipinski definition) is 6. The van der Waals surface area contributed by atoms with Crippen LogP contribution in [0.4, 0.5) is 0 Å². The maximum Gasteiger partial charge on any atom is 0.332 e. The van der Waals surface area contributed by atoms with Crippen LogP contribution in [0, 0.1) is 5.92 Å². The van der Waals surface area contributed by atoms with Gasteiger partial charge in [0.05, 0.1) is 32.6 Å². The van der Waals surface area contributed by atoms with Crippen LogP contribution < -0.4 is 9.47 Å². The van der Waals surface area contributed by atoms with Crippen LogP contribution in [0.5, 0.6) is 11.5 Å². The second-order valence-electron chi connectivity index (χ2n) is 7.75. The van der Waals surface area contributed by atoms with E-state index in [1.807, 2.05) is 30.1 Å². The molecule has 0 bridgehead atoms. The van der Waals surface area contributed by atoms with E-state index in [1.54, 1.807) is 21.1 Å². The summed E-state index contributed by atoms with van der Waals surface area (Å²) >= 11 is 0. The number of aryl methyl sites for hydroxylation is 1. The van der Waals surface area contributed by atoms with Crippen LogP contribution in [-0.2, 0) is 16.0 Å². The van der Waals surface area contributed by atoms with Crippen molar-refractivity contribution in [2.24, 2.45) is 11.0 Å². The number of hydrazone groups is 1. The minimum absolute atomic E-state index is 0.00839. The lowest BCUT2D eigenvalue weighted by Crippen LogP contribution is -2.28. The molecular weight excluding hydrogens is 392 g/mol. The highest BCUT2D eigenvalue weighted by Gasteiger charge is 2.42. The van der Waals surface area contributed by atoms with Gasteiger partial charge in [-0.15, -0.1) is 0 Å². The summed E-state index contributed by atoms with van der Waals surface area (Å²) in [5.41, 5.74) is 5.33. The van der Waals surface area contributed by atoms with Crippen LogP contribution >= 0.6 is 0 Å². The van der Waals surface area contributed by atoms with E-state index in [1.165, 1.54) is 11.6 Å². The molecule has 4 rings (SSSR count). The predicted octanol–water partition coefficient (Wildman–Crippen LogP) is 4.49. The fourth-order valence-corrected chi connectivity index (χ4v) is 4.46. The van der Waals surface area contributed by atoms with Crippen LogP contribution in [0.25, 0.3) is 0 Å². The van der Waals surface area contributed by atoms with Gasteiger partial charge in [0, 0.05) is 23.3 Å². The number of carbonyl (C=O) groups is 1. The Bertz CT molecular complexity index is 1030. The molecule has 0 amide bonds. The maximum atomic E-state index is 12.1. The fraction of sp³-hybridized carbons (Fsp3) is 0.360. The van der Waals surface area contributed by atoms with E-state index >= 15 is 0 Å². The number of fused-ring (bicyclic) bond motifs is 3. The Hall–Kier alpha value is -3.28. The molecule has 31 heavy (non-hydrogen) atoms. The third-order valence-electron chi connectivity index (χ3n) is 5.96. The number of benzene rings is 2. The number of nitrogens with zero attached hydrogens (tertiary/aromatic N) is 2. The molecule has 0 N–H and O–H groups in total. The largest absolute Gasteiger partial charge is 0.497 e. The van der Waals surface area contributed by atoms with Gasteiger partial charge in [0.1, 0.15) is 11.5 Å². The Morgan fingerprint density at radius 3 is 2.52 bits per heavy atom. The third kappa shape index (κ3) is 4.02. The second kappa shape index (κ2) is 8.84. The van der Waals surface area contributed by atoms with Crippen molar-refractivity contribution in [2.45, 2.75) is 32.7 Å². The highest BCUT2D eigenvalue weighted by atomic mass is 16.5. The SMILES string of the molecule is CCOC(=O)/C=C(\C)N1N=C2c3cc(OC)ccc3CC[C@H]2[C@H]1c1ccc(OC)cc1. The molecular formula is C25H28N2O4. The van der Waals surface area contributed by atoms with Crippen molar-refractivity contribution in [3.63, 3.8) is 0 Å². The van der Waals surface area contributed by atoms with Crippen LogP contribution in [-0.4, -0.2) is 37.5 Å². The maximum absolute atomic E-state index is 12.1. The summed E-state index contributed by atoms with van der Waals surface area (Å²) in [7, 11) is 3.34. The lowest BCUT2D eigenvalue weighted by atomic mass is 9.77. The molecule has 0 fully saturated rings. The number of carbonyl (C=O) groups excluding carboxylic acids is 1. The summed E-state index contributed by atoms with van der Waals surface area (Å²) in [6, 6.07) is 14.3. The zero-order chi connectivity index (χ0) is 22.0. The minimum atomic E-state index is -0.356. The molecule has 2 aromatic carbocycles. The van der Waals surface area contributed by atoms with E-state index in [-0.39, 0.29) is 17.9 Å². The Morgan fingerprint density at radius 1 is 1.13 bits per heavy atom. The lowest BCUT2D eigenvalue weighted by molar-refractivity contribution is -0.137. The van der Waals surface area contributed by atoms with Gasteiger partial charge in [-0.3, -0.25) is 5.01 Å². The molecule has 0 unspecified atom stereocenters. The van der Waals surface area contributed by atoms with Crippen LogP contribution in [0.3, 0.4) is 0 Å². The van der Waals surface area contributed by atoms with Crippen molar-refractivity contribution < 1.29 is 19.0 Å². The second-order valence-corrected chi connectivity index (χ2v) is 7.75. The zero-order valence-corrected chi connectivity index (χ0v) is 18.4. The van der Waals surface area contributed by atoms with Crippen molar-refractivity contribution in [1.29, 1.82) is 0 Å². The topological polar surface area (TPSA) is 60.4 Å². The molecule has 6 nitrogen and oxygen atoms in total. The Morgan fingerprint density at radius 2 is 1.84 bits per heavy atom. The van der Waals surface area contributed by atoms with E-state index in [2.05, 4.69) is 24.3 Å². The monoisotopic (exact) mass is 420 g/mol. The van der Waals surface area contributed by atoms with E-state index in [0.717, 1.165) is 46.9 Å². The van der Waals surface area contributed by atoms with E-state index < -0.39 is 0 Å². The van der Waals surface area contributed by atoms with E-state index in [0.29, 0.717) is 6.61 Å². The Balaban J connectivity index is 1.78. The van der Waals surface area contributed by atoms with Gasteiger partial charge < -0.3 is 14.2 Å².